The molecule has 1 saturated heterocycles. The van der Waals surface area contributed by atoms with Gasteiger partial charge in [-0.1, -0.05) is 6.92 Å². The van der Waals surface area contributed by atoms with E-state index in [0.717, 1.165) is 30.5 Å². The van der Waals surface area contributed by atoms with Crippen LogP contribution in [-0.4, -0.2) is 43.4 Å². The van der Waals surface area contributed by atoms with Gasteiger partial charge in [-0.2, -0.15) is 0 Å². The average Bonchev–Trinajstić information content (AvgIpc) is 2.48. The molecule has 1 aromatic heterocycles. The molecule has 1 aliphatic heterocycles. The lowest BCUT2D eigenvalue weighted by atomic mass is 10.0. The lowest BCUT2D eigenvalue weighted by molar-refractivity contribution is 0.204. The number of hydrogen-bond donors (Lipinski definition) is 2. The highest BCUT2D eigenvalue weighted by Crippen LogP contribution is 2.21. The molecule has 0 aromatic carbocycles. The highest BCUT2D eigenvalue weighted by atomic mass is 32.1. The first-order valence-electron chi connectivity index (χ1n) is 7.44. The Morgan fingerprint density at radius 3 is 3.05 bits per heavy atom. The van der Waals surface area contributed by atoms with Crippen LogP contribution < -0.4 is 15.5 Å². The Labute approximate surface area is 132 Å². The van der Waals surface area contributed by atoms with Crippen LogP contribution in [0.1, 0.15) is 19.8 Å². The van der Waals surface area contributed by atoms with Crippen LogP contribution in [-0.2, 0) is 4.74 Å². The van der Waals surface area contributed by atoms with Crippen molar-refractivity contribution in [3.8, 4) is 0 Å². The van der Waals surface area contributed by atoms with Crippen LogP contribution in [0.2, 0.25) is 0 Å². The van der Waals surface area contributed by atoms with Gasteiger partial charge in [-0.05, 0) is 43.1 Å². The zero-order valence-corrected chi connectivity index (χ0v) is 13.6. The van der Waals surface area contributed by atoms with Crippen LogP contribution in [0.5, 0.6) is 0 Å². The fraction of sp³-hybridized carbons (Fsp3) is 0.600. The Balaban J connectivity index is 1.85. The van der Waals surface area contributed by atoms with E-state index >= 15 is 0 Å². The number of hydrogen-bond acceptors (Lipinski definition) is 4. The monoisotopic (exact) mass is 308 g/mol. The van der Waals surface area contributed by atoms with E-state index in [9.17, 15) is 0 Å². The number of nitrogens with zero attached hydrogens (tertiary/aromatic N) is 2. The lowest BCUT2D eigenvalue weighted by Gasteiger charge is -2.31. The van der Waals surface area contributed by atoms with Crippen molar-refractivity contribution in [2.24, 2.45) is 5.92 Å². The molecule has 21 heavy (non-hydrogen) atoms. The Bertz CT molecular complexity index is 451. The summed E-state index contributed by atoms with van der Waals surface area (Å²) in [5, 5.41) is 6.79. The number of thiocarbonyl (C=S) groups is 1. The van der Waals surface area contributed by atoms with Crippen LogP contribution >= 0.6 is 12.2 Å². The molecule has 0 bridgehead atoms. The Morgan fingerprint density at radius 2 is 2.38 bits per heavy atom. The first-order chi connectivity index (χ1) is 10.2. The van der Waals surface area contributed by atoms with Crippen molar-refractivity contribution in [3.63, 3.8) is 0 Å². The van der Waals surface area contributed by atoms with Crippen molar-refractivity contribution in [1.29, 1.82) is 0 Å². The van der Waals surface area contributed by atoms with Gasteiger partial charge in [0.1, 0.15) is 5.82 Å². The maximum atomic E-state index is 5.21. The summed E-state index contributed by atoms with van der Waals surface area (Å²) in [6, 6.07) is 4.07. The molecule has 1 fully saturated rings. The minimum Gasteiger partial charge on any atom is -0.383 e. The molecule has 0 radical (unpaired) electrons. The van der Waals surface area contributed by atoms with E-state index in [-0.39, 0.29) is 0 Å². The van der Waals surface area contributed by atoms with E-state index < -0.39 is 0 Å². The molecule has 1 aliphatic rings. The SMILES string of the molecule is COCCNC(=S)Nc1ccc(N2CCC[C@H](C)C2)nc1. The first kappa shape index (κ1) is 16.0. The summed E-state index contributed by atoms with van der Waals surface area (Å²) in [4.78, 5) is 6.89. The Kier molecular flexibility index (Phi) is 6.20. The molecule has 1 aromatic rings. The van der Waals surface area contributed by atoms with Crippen molar-refractivity contribution in [2.45, 2.75) is 19.8 Å². The van der Waals surface area contributed by atoms with E-state index in [2.05, 4.69) is 33.5 Å². The lowest BCUT2D eigenvalue weighted by Crippen LogP contribution is -2.34. The fourth-order valence-electron chi connectivity index (χ4n) is 2.49. The Morgan fingerprint density at radius 1 is 1.52 bits per heavy atom. The molecule has 0 amide bonds. The fourth-order valence-corrected chi connectivity index (χ4v) is 2.71. The van der Waals surface area contributed by atoms with Crippen LogP contribution in [0.25, 0.3) is 0 Å². The smallest absolute Gasteiger partial charge is 0.170 e. The van der Waals surface area contributed by atoms with Crippen LogP contribution in [0.3, 0.4) is 0 Å². The Hall–Kier alpha value is -1.40. The highest BCUT2D eigenvalue weighted by Gasteiger charge is 2.17. The number of aromatic nitrogens is 1. The second kappa shape index (κ2) is 8.14. The topological polar surface area (TPSA) is 49.4 Å². The molecule has 116 valence electrons. The molecular formula is C15H24N4OS. The summed E-state index contributed by atoms with van der Waals surface area (Å²) in [6.07, 6.45) is 4.40. The molecule has 1 atom stereocenters. The second-order valence-electron chi connectivity index (χ2n) is 5.47. The predicted octanol–water partition coefficient (Wildman–Crippen LogP) is 2.25. The molecule has 0 unspecified atom stereocenters. The summed E-state index contributed by atoms with van der Waals surface area (Å²) < 4.78 is 4.97. The van der Waals surface area contributed by atoms with Gasteiger partial charge in [0.15, 0.2) is 5.11 Å². The maximum Gasteiger partial charge on any atom is 0.170 e. The van der Waals surface area contributed by atoms with E-state index in [1.807, 2.05) is 12.3 Å². The number of rotatable bonds is 5. The van der Waals surface area contributed by atoms with Gasteiger partial charge in [0.05, 0.1) is 18.5 Å². The molecular weight excluding hydrogens is 284 g/mol. The van der Waals surface area contributed by atoms with Crippen molar-refractivity contribution in [1.82, 2.24) is 10.3 Å². The number of ether oxygens (including phenoxy) is 1. The van der Waals surface area contributed by atoms with Crippen LogP contribution in [0, 0.1) is 5.92 Å². The van der Waals surface area contributed by atoms with Gasteiger partial charge >= 0.3 is 0 Å². The standard InChI is InChI=1S/C15H24N4OS/c1-12-4-3-8-19(11-12)14-6-5-13(10-17-14)18-15(21)16-7-9-20-2/h5-6,10,12H,3-4,7-9,11H2,1-2H3,(H2,16,18,21)/t12-/m0/s1. The number of piperidine rings is 1. The maximum absolute atomic E-state index is 5.21. The molecule has 5 nitrogen and oxygen atoms in total. The van der Waals surface area contributed by atoms with E-state index in [0.29, 0.717) is 18.3 Å². The van der Waals surface area contributed by atoms with Gasteiger partial charge in [0, 0.05) is 26.7 Å². The highest BCUT2D eigenvalue weighted by molar-refractivity contribution is 7.80. The molecule has 0 saturated carbocycles. The molecule has 6 heteroatoms. The molecule has 2 heterocycles. The van der Waals surface area contributed by atoms with Gasteiger partial charge in [-0.15, -0.1) is 0 Å². The third-order valence-corrected chi connectivity index (χ3v) is 3.82. The van der Waals surface area contributed by atoms with Crippen molar-refractivity contribution in [2.75, 3.05) is 43.6 Å². The van der Waals surface area contributed by atoms with Crippen LogP contribution in [0.4, 0.5) is 11.5 Å². The van der Waals surface area contributed by atoms with E-state index in [1.54, 1.807) is 7.11 Å². The summed E-state index contributed by atoms with van der Waals surface area (Å²) in [5.74, 6) is 1.79. The summed E-state index contributed by atoms with van der Waals surface area (Å²) in [6.45, 7) is 5.82. The second-order valence-corrected chi connectivity index (χ2v) is 5.88. The molecule has 0 aliphatic carbocycles. The summed E-state index contributed by atoms with van der Waals surface area (Å²) in [5.41, 5.74) is 0.902. The minimum atomic E-state index is 0.591. The van der Waals surface area contributed by atoms with Crippen molar-refractivity contribution < 1.29 is 4.74 Å². The minimum absolute atomic E-state index is 0.591. The number of pyridine rings is 1. The quantitative estimate of drug-likeness (QED) is 0.643. The first-order valence-corrected chi connectivity index (χ1v) is 7.84. The zero-order valence-electron chi connectivity index (χ0n) is 12.8. The third-order valence-electron chi connectivity index (χ3n) is 3.58. The van der Waals surface area contributed by atoms with Gasteiger partial charge in [0.25, 0.3) is 0 Å². The summed E-state index contributed by atoms with van der Waals surface area (Å²) >= 11 is 5.21. The molecule has 2 rings (SSSR count). The third kappa shape index (κ3) is 5.13. The van der Waals surface area contributed by atoms with E-state index in [4.69, 9.17) is 17.0 Å². The number of nitrogens with one attached hydrogen (secondary N) is 2. The van der Waals surface area contributed by atoms with Gasteiger partial charge in [0.2, 0.25) is 0 Å². The average molecular weight is 308 g/mol. The normalized spacial score (nSPS) is 18.4. The van der Waals surface area contributed by atoms with Gasteiger partial charge < -0.3 is 20.3 Å². The number of methoxy groups -OCH3 is 1. The van der Waals surface area contributed by atoms with Crippen LogP contribution in [0.15, 0.2) is 18.3 Å². The van der Waals surface area contributed by atoms with E-state index in [1.165, 1.54) is 12.8 Å². The predicted molar refractivity (Wildman–Crippen MR) is 90.9 cm³/mol. The number of anilines is 2. The van der Waals surface area contributed by atoms with Crippen molar-refractivity contribution in [3.05, 3.63) is 18.3 Å². The van der Waals surface area contributed by atoms with Crippen molar-refractivity contribution >= 4 is 28.8 Å². The molecule has 0 spiro atoms. The summed E-state index contributed by atoms with van der Waals surface area (Å²) in [7, 11) is 1.67. The molecule has 2 N–H and O–H groups in total. The van der Waals surface area contributed by atoms with Gasteiger partial charge in [-0.25, -0.2) is 4.98 Å². The largest absolute Gasteiger partial charge is 0.383 e. The van der Waals surface area contributed by atoms with Gasteiger partial charge in [-0.3, -0.25) is 0 Å². The zero-order chi connectivity index (χ0) is 15.1.